The summed E-state index contributed by atoms with van der Waals surface area (Å²) in [5.74, 6) is 0.306. The first kappa shape index (κ1) is 15.6. The third kappa shape index (κ3) is 3.10. The van der Waals surface area contributed by atoms with Gasteiger partial charge in [0.2, 0.25) is 0 Å². The number of Topliss-reactive ketones (excluding diaryl/α,β-unsaturated/α-hetero) is 1. The van der Waals surface area contributed by atoms with Crippen molar-refractivity contribution >= 4 is 23.5 Å². The van der Waals surface area contributed by atoms with Gasteiger partial charge in [-0.25, -0.2) is 0 Å². The number of carbonyl (C=O) groups is 1. The summed E-state index contributed by atoms with van der Waals surface area (Å²) >= 11 is 6.05. The van der Waals surface area contributed by atoms with E-state index in [2.05, 4.69) is 0 Å². The van der Waals surface area contributed by atoms with Crippen LogP contribution in [0.2, 0.25) is 5.02 Å². The van der Waals surface area contributed by atoms with Gasteiger partial charge in [-0.3, -0.25) is 4.79 Å². The second-order valence-electron chi connectivity index (χ2n) is 5.44. The number of carbonyl (C=O) groups excluding carboxylic acids is 1. The second-order valence-corrected chi connectivity index (χ2v) is 5.85. The minimum atomic E-state index is -0.0732. The molecule has 0 radical (unpaired) electrons. The Hall–Kier alpha value is -2.26. The fourth-order valence-electron chi connectivity index (χ4n) is 2.80. The van der Waals surface area contributed by atoms with Gasteiger partial charge in [0.1, 0.15) is 0 Å². The summed E-state index contributed by atoms with van der Waals surface area (Å²) < 4.78 is 5.38. The smallest absolute Gasteiger partial charge is 0.189 e. The lowest BCUT2D eigenvalue weighted by molar-refractivity contribution is 0.102. The number of benzene rings is 2. The maximum atomic E-state index is 12.6. The van der Waals surface area contributed by atoms with E-state index >= 15 is 0 Å². The first-order chi connectivity index (χ1) is 11.1. The van der Waals surface area contributed by atoms with Crippen LogP contribution in [0.25, 0.3) is 6.08 Å². The first-order valence-electron chi connectivity index (χ1n) is 7.58. The highest BCUT2D eigenvalue weighted by Gasteiger charge is 2.21. The Bertz CT molecular complexity index is 793. The Morgan fingerprint density at radius 2 is 2.04 bits per heavy atom. The van der Waals surface area contributed by atoms with Gasteiger partial charge in [-0.05, 0) is 49.1 Å². The molecule has 0 aromatic heterocycles. The fraction of sp³-hybridized carbons (Fsp3) is 0.211. The molecule has 118 valence electrons. The highest BCUT2D eigenvalue weighted by molar-refractivity contribution is 6.32. The molecule has 23 heavy (non-hydrogen) atoms. The Balaban J connectivity index is 1.98. The second kappa shape index (κ2) is 6.47. The van der Waals surface area contributed by atoms with Crippen molar-refractivity contribution in [3.8, 4) is 11.5 Å². The zero-order valence-electron chi connectivity index (χ0n) is 12.8. The van der Waals surface area contributed by atoms with E-state index in [4.69, 9.17) is 16.3 Å². The van der Waals surface area contributed by atoms with Crippen molar-refractivity contribution in [1.29, 1.82) is 0 Å². The van der Waals surface area contributed by atoms with E-state index in [-0.39, 0.29) is 16.6 Å². The van der Waals surface area contributed by atoms with Crippen molar-refractivity contribution in [3.63, 3.8) is 0 Å². The van der Waals surface area contributed by atoms with Gasteiger partial charge in [-0.1, -0.05) is 35.9 Å². The molecule has 0 saturated carbocycles. The molecule has 4 heteroatoms. The molecule has 0 amide bonds. The van der Waals surface area contributed by atoms with Crippen molar-refractivity contribution in [2.24, 2.45) is 0 Å². The SMILES string of the molecule is CCOc1cc(/C=C2\CCc3ccccc3C2=O)cc(Cl)c1O. The molecule has 2 aromatic carbocycles. The molecular weight excluding hydrogens is 312 g/mol. The minimum absolute atomic E-state index is 0.0500. The highest BCUT2D eigenvalue weighted by atomic mass is 35.5. The van der Waals surface area contributed by atoms with Gasteiger partial charge in [0, 0.05) is 11.1 Å². The van der Waals surface area contributed by atoms with E-state index in [1.165, 1.54) is 0 Å². The van der Waals surface area contributed by atoms with Gasteiger partial charge < -0.3 is 9.84 Å². The molecule has 0 atom stereocenters. The maximum absolute atomic E-state index is 12.6. The molecule has 0 aliphatic heterocycles. The lowest BCUT2D eigenvalue weighted by Crippen LogP contribution is -2.13. The summed E-state index contributed by atoms with van der Waals surface area (Å²) in [6.45, 7) is 2.26. The third-order valence-electron chi connectivity index (χ3n) is 3.91. The topological polar surface area (TPSA) is 46.5 Å². The molecule has 0 fully saturated rings. The molecule has 1 aliphatic rings. The Morgan fingerprint density at radius 3 is 2.83 bits per heavy atom. The molecule has 0 saturated heterocycles. The van der Waals surface area contributed by atoms with Gasteiger partial charge in [-0.15, -0.1) is 0 Å². The van der Waals surface area contributed by atoms with Crippen molar-refractivity contribution in [2.75, 3.05) is 6.61 Å². The number of halogens is 1. The van der Waals surface area contributed by atoms with E-state index < -0.39 is 0 Å². The van der Waals surface area contributed by atoms with Crippen LogP contribution in [0.1, 0.15) is 34.8 Å². The summed E-state index contributed by atoms with van der Waals surface area (Å²) in [6, 6.07) is 11.0. The number of allylic oxidation sites excluding steroid dienone is 1. The molecule has 1 aliphatic carbocycles. The normalized spacial score (nSPS) is 15.6. The van der Waals surface area contributed by atoms with Crippen LogP contribution < -0.4 is 4.74 Å². The molecule has 1 N–H and O–H groups in total. The monoisotopic (exact) mass is 328 g/mol. The van der Waals surface area contributed by atoms with Crippen LogP contribution in [0.3, 0.4) is 0 Å². The zero-order chi connectivity index (χ0) is 16.4. The number of hydrogen-bond acceptors (Lipinski definition) is 3. The number of aryl methyl sites for hydroxylation is 1. The number of rotatable bonds is 3. The molecule has 2 aromatic rings. The number of ether oxygens (including phenoxy) is 1. The number of ketones is 1. The predicted molar refractivity (Wildman–Crippen MR) is 91.4 cm³/mol. The van der Waals surface area contributed by atoms with Crippen molar-refractivity contribution in [1.82, 2.24) is 0 Å². The number of phenols is 1. The number of aromatic hydroxyl groups is 1. The standard InChI is InChI=1S/C19H17ClO3/c1-2-23-17-11-12(10-16(20)19(17)22)9-14-8-7-13-5-3-4-6-15(13)18(14)21/h3-6,9-11,22H,2,7-8H2,1H3/b14-9+. The van der Waals surface area contributed by atoms with Crippen LogP contribution in [-0.2, 0) is 6.42 Å². The number of phenolic OH excluding ortho intramolecular Hbond substituents is 1. The van der Waals surface area contributed by atoms with E-state index in [0.717, 1.165) is 28.7 Å². The largest absolute Gasteiger partial charge is 0.503 e. The Kier molecular flexibility index (Phi) is 4.39. The summed E-state index contributed by atoms with van der Waals surface area (Å²) in [5.41, 5.74) is 3.35. The fourth-order valence-corrected chi connectivity index (χ4v) is 3.02. The van der Waals surface area contributed by atoms with E-state index in [1.54, 1.807) is 12.1 Å². The molecule has 0 spiro atoms. The van der Waals surface area contributed by atoms with E-state index in [9.17, 15) is 9.90 Å². The molecule has 3 rings (SSSR count). The number of fused-ring (bicyclic) bond motifs is 1. The molecule has 0 unspecified atom stereocenters. The zero-order valence-corrected chi connectivity index (χ0v) is 13.6. The van der Waals surface area contributed by atoms with Gasteiger partial charge in [0.15, 0.2) is 17.3 Å². The van der Waals surface area contributed by atoms with Crippen LogP contribution in [0.5, 0.6) is 11.5 Å². The third-order valence-corrected chi connectivity index (χ3v) is 4.20. The van der Waals surface area contributed by atoms with Crippen LogP contribution in [0, 0.1) is 0 Å². The van der Waals surface area contributed by atoms with Gasteiger partial charge in [0.05, 0.1) is 11.6 Å². The van der Waals surface area contributed by atoms with Crippen LogP contribution in [0.15, 0.2) is 42.0 Å². The quantitative estimate of drug-likeness (QED) is 0.834. The summed E-state index contributed by atoms with van der Waals surface area (Å²) in [7, 11) is 0. The Morgan fingerprint density at radius 1 is 1.26 bits per heavy atom. The average molecular weight is 329 g/mol. The summed E-state index contributed by atoms with van der Waals surface area (Å²) in [4.78, 5) is 12.6. The van der Waals surface area contributed by atoms with Gasteiger partial charge in [-0.2, -0.15) is 0 Å². The molecular formula is C19H17ClO3. The minimum Gasteiger partial charge on any atom is -0.503 e. The van der Waals surface area contributed by atoms with E-state index in [1.807, 2.05) is 37.3 Å². The lowest BCUT2D eigenvalue weighted by Gasteiger charge is -2.17. The van der Waals surface area contributed by atoms with E-state index in [0.29, 0.717) is 18.8 Å². The van der Waals surface area contributed by atoms with Crippen LogP contribution in [0.4, 0.5) is 0 Å². The Labute approximate surface area is 140 Å². The molecule has 0 heterocycles. The number of hydrogen-bond donors (Lipinski definition) is 1. The first-order valence-corrected chi connectivity index (χ1v) is 7.96. The van der Waals surface area contributed by atoms with Crippen molar-refractivity contribution in [2.45, 2.75) is 19.8 Å². The predicted octanol–water partition coefficient (Wildman–Crippen LogP) is 4.66. The lowest BCUT2D eigenvalue weighted by atomic mass is 9.86. The van der Waals surface area contributed by atoms with Gasteiger partial charge in [0.25, 0.3) is 0 Å². The van der Waals surface area contributed by atoms with Crippen LogP contribution in [-0.4, -0.2) is 17.5 Å². The summed E-state index contributed by atoms with van der Waals surface area (Å²) in [5, 5.41) is 10.1. The van der Waals surface area contributed by atoms with Gasteiger partial charge >= 0.3 is 0 Å². The maximum Gasteiger partial charge on any atom is 0.189 e. The molecule has 3 nitrogen and oxygen atoms in total. The highest BCUT2D eigenvalue weighted by Crippen LogP contribution is 2.36. The average Bonchev–Trinajstić information content (AvgIpc) is 2.55. The summed E-state index contributed by atoms with van der Waals surface area (Å²) in [6.07, 6.45) is 3.36. The van der Waals surface area contributed by atoms with Crippen molar-refractivity contribution < 1.29 is 14.6 Å². The van der Waals surface area contributed by atoms with Crippen LogP contribution >= 0.6 is 11.6 Å². The molecule has 0 bridgehead atoms. The van der Waals surface area contributed by atoms with Crippen molar-refractivity contribution in [3.05, 3.63) is 63.7 Å².